The van der Waals surface area contributed by atoms with Crippen molar-refractivity contribution in [2.75, 3.05) is 26.4 Å². The Morgan fingerprint density at radius 2 is 2.14 bits per heavy atom. The summed E-state index contributed by atoms with van der Waals surface area (Å²) in [6.07, 6.45) is 2.02. The smallest absolute Gasteiger partial charge is 0.240 e. The number of aliphatic hydroxyl groups is 1. The molecule has 0 fully saturated rings. The summed E-state index contributed by atoms with van der Waals surface area (Å²) in [5.41, 5.74) is 0.547. The summed E-state index contributed by atoms with van der Waals surface area (Å²) >= 11 is 0. The van der Waals surface area contributed by atoms with Crippen molar-refractivity contribution in [3.63, 3.8) is 0 Å². The van der Waals surface area contributed by atoms with Gasteiger partial charge in [-0.1, -0.05) is 31.3 Å². The van der Waals surface area contributed by atoms with Gasteiger partial charge in [-0.05, 0) is 24.6 Å². The Morgan fingerprint density at radius 3 is 2.86 bits per heavy atom. The normalized spacial score (nSPS) is 11.0. The first-order chi connectivity index (χ1) is 10.1. The molecule has 116 valence electrons. The van der Waals surface area contributed by atoms with Gasteiger partial charge in [0.2, 0.25) is 10.0 Å². The van der Waals surface area contributed by atoms with Crippen molar-refractivity contribution in [1.82, 2.24) is 4.72 Å². The van der Waals surface area contributed by atoms with Crippen LogP contribution in [0.3, 0.4) is 0 Å². The molecule has 1 rings (SSSR count). The van der Waals surface area contributed by atoms with Crippen molar-refractivity contribution < 1.29 is 18.3 Å². The number of hydrogen-bond acceptors (Lipinski definition) is 4. The minimum Gasteiger partial charge on any atom is -0.384 e. The van der Waals surface area contributed by atoms with E-state index in [1.807, 2.05) is 0 Å². The Hall–Kier alpha value is -1.39. The zero-order valence-electron chi connectivity index (χ0n) is 12.1. The Kier molecular flexibility index (Phi) is 8.01. The SMILES string of the molecule is CCCCOCCNS(=O)(=O)c1cccc(C#CCO)c1. The third-order valence-corrected chi connectivity index (χ3v) is 4.10. The summed E-state index contributed by atoms with van der Waals surface area (Å²) in [5, 5.41) is 8.64. The molecule has 0 atom stereocenters. The Morgan fingerprint density at radius 1 is 1.33 bits per heavy atom. The van der Waals surface area contributed by atoms with E-state index < -0.39 is 10.0 Å². The molecule has 1 aromatic rings. The first-order valence-corrected chi connectivity index (χ1v) is 8.35. The molecule has 2 N–H and O–H groups in total. The van der Waals surface area contributed by atoms with Crippen LogP contribution < -0.4 is 4.72 Å². The second kappa shape index (κ2) is 9.53. The maximum Gasteiger partial charge on any atom is 0.240 e. The van der Waals surface area contributed by atoms with Crippen LogP contribution in [0.25, 0.3) is 0 Å². The molecule has 0 unspecified atom stereocenters. The molecule has 0 aliphatic carbocycles. The molecule has 0 bridgehead atoms. The fourth-order valence-electron chi connectivity index (χ4n) is 1.56. The summed E-state index contributed by atoms with van der Waals surface area (Å²) in [5.74, 6) is 5.17. The topological polar surface area (TPSA) is 75.6 Å². The molecule has 6 heteroatoms. The molecule has 0 radical (unpaired) electrons. The van der Waals surface area contributed by atoms with Gasteiger partial charge in [0.1, 0.15) is 6.61 Å². The average Bonchev–Trinajstić information content (AvgIpc) is 2.49. The van der Waals surface area contributed by atoms with Gasteiger partial charge in [0.15, 0.2) is 0 Å². The molecule has 0 amide bonds. The largest absolute Gasteiger partial charge is 0.384 e. The molecule has 0 aromatic heterocycles. The maximum atomic E-state index is 12.1. The number of sulfonamides is 1. The van der Waals surface area contributed by atoms with Crippen molar-refractivity contribution >= 4 is 10.0 Å². The molecule has 5 nitrogen and oxygen atoms in total. The second-order valence-electron chi connectivity index (χ2n) is 4.35. The number of hydrogen-bond donors (Lipinski definition) is 2. The van der Waals surface area contributed by atoms with E-state index in [1.54, 1.807) is 12.1 Å². The highest BCUT2D eigenvalue weighted by molar-refractivity contribution is 7.89. The summed E-state index contributed by atoms with van der Waals surface area (Å²) < 4.78 is 32.0. The van der Waals surface area contributed by atoms with Gasteiger partial charge >= 0.3 is 0 Å². The standard InChI is InChI=1S/C15H21NO4S/c1-2-3-11-20-12-9-16-21(18,19)15-8-4-6-14(13-15)7-5-10-17/h4,6,8,13,16-17H,2-3,9-12H2,1H3. The van der Waals surface area contributed by atoms with Gasteiger partial charge in [0.05, 0.1) is 11.5 Å². The zero-order valence-corrected chi connectivity index (χ0v) is 12.9. The molecule has 0 spiro atoms. The van der Waals surface area contributed by atoms with Crippen molar-refractivity contribution in [3.05, 3.63) is 29.8 Å². The van der Waals surface area contributed by atoms with Crippen LogP contribution >= 0.6 is 0 Å². The van der Waals surface area contributed by atoms with E-state index in [1.165, 1.54) is 12.1 Å². The van der Waals surface area contributed by atoms with Crippen molar-refractivity contribution in [1.29, 1.82) is 0 Å². The number of ether oxygens (including phenoxy) is 1. The van der Waals surface area contributed by atoms with E-state index in [4.69, 9.17) is 9.84 Å². The lowest BCUT2D eigenvalue weighted by Gasteiger charge is -2.07. The Balaban J connectivity index is 2.57. The lowest BCUT2D eigenvalue weighted by molar-refractivity contribution is 0.136. The number of rotatable bonds is 8. The first kappa shape index (κ1) is 17.7. The van der Waals surface area contributed by atoms with Crippen LogP contribution in [0.15, 0.2) is 29.2 Å². The molecule has 0 aliphatic heterocycles. The van der Waals surface area contributed by atoms with E-state index in [-0.39, 0.29) is 18.0 Å². The second-order valence-corrected chi connectivity index (χ2v) is 6.12. The highest BCUT2D eigenvalue weighted by Crippen LogP contribution is 2.10. The van der Waals surface area contributed by atoms with Gasteiger partial charge in [-0.3, -0.25) is 0 Å². The molecule has 0 heterocycles. The minimum absolute atomic E-state index is 0.154. The lowest BCUT2D eigenvalue weighted by atomic mass is 10.2. The van der Waals surface area contributed by atoms with Gasteiger partial charge in [0.25, 0.3) is 0 Å². The monoisotopic (exact) mass is 311 g/mol. The Labute approximate surface area is 126 Å². The number of unbranched alkanes of at least 4 members (excludes halogenated alkanes) is 1. The van der Waals surface area contributed by atoms with Crippen LogP contribution in [0.4, 0.5) is 0 Å². The maximum absolute atomic E-state index is 12.1. The molecular formula is C15H21NO4S. The number of benzene rings is 1. The van der Waals surface area contributed by atoms with Crippen LogP contribution in [-0.2, 0) is 14.8 Å². The number of aliphatic hydroxyl groups excluding tert-OH is 1. The summed E-state index contributed by atoms with van der Waals surface area (Å²) in [7, 11) is -3.56. The van der Waals surface area contributed by atoms with Gasteiger partial charge < -0.3 is 9.84 Å². The van der Waals surface area contributed by atoms with Gasteiger partial charge in [0, 0.05) is 18.7 Å². The van der Waals surface area contributed by atoms with E-state index in [0.717, 1.165) is 12.8 Å². The predicted octanol–water partition coefficient (Wildman–Crippen LogP) is 1.13. The molecular weight excluding hydrogens is 290 g/mol. The fraction of sp³-hybridized carbons (Fsp3) is 0.467. The molecule has 0 aliphatic rings. The van der Waals surface area contributed by atoms with E-state index >= 15 is 0 Å². The van der Waals surface area contributed by atoms with E-state index in [0.29, 0.717) is 18.8 Å². The average molecular weight is 311 g/mol. The van der Waals surface area contributed by atoms with Crippen LogP contribution in [-0.4, -0.2) is 39.9 Å². The van der Waals surface area contributed by atoms with Crippen LogP contribution in [0, 0.1) is 11.8 Å². The number of nitrogens with one attached hydrogen (secondary N) is 1. The van der Waals surface area contributed by atoms with E-state index in [9.17, 15) is 8.42 Å². The lowest BCUT2D eigenvalue weighted by Crippen LogP contribution is -2.27. The van der Waals surface area contributed by atoms with E-state index in [2.05, 4.69) is 23.5 Å². The van der Waals surface area contributed by atoms with Crippen molar-refractivity contribution in [2.24, 2.45) is 0 Å². The van der Waals surface area contributed by atoms with Gasteiger partial charge in [-0.15, -0.1) is 0 Å². The highest BCUT2D eigenvalue weighted by Gasteiger charge is 2.13. The molecule has 21 heavy (non-hydrogen) atoms. The fourth-order valence-corrected chi connectivity index (χ4v) is 2.62. The third-order valence-electron chi connectivity index (χ3n) is 2.64. The summed E-state index contributed by atoms with van der Waals surface area (Å²) in [6, 6.07) is 6.29. The van der Waals surface area contributed by atoms with Crippen LogP contribution in [0.5, 0.6) is 0 Å². The molecule has 1 aromatic carbocycles. The molecule has 0 saturated carbocycles. The third kappa shape index (κ3) is 6.74. The van der Waals surface area contributed by atoms with Crippen molar-refractivity contribution in [3.8, 4) is 11.8 Å². The van der Waals surface area contributed by atoms with Crippen LogP contribution in [0.1, 0.15) is 25.3 Å². The first-order valence-electron chi connectivity index (χ1n) is 6.87. The summed E-state index contributed by atoms with van der Waals surface area (Å²) in [4.78, 5) is 0.154. The van der Waals surface area contributed by atoms with Gasteiger partial charge in [-0.2, -0.15) is 0 Å². The highest BCUT2D eigenvalue weighted by atomic mass is 32.2. The summed E-state index contributed by atoms with van der Waals surface area (Å²) in [6.45, 7) is 3.04. The van der Waals surface area contributed by atoms with Crippen LogP contribution in [0.2, 0.25) is 0 Å². The minimum atomic E-state index is -3.56. The zero-order chi connectivity index (χ0) is 15.6. The van der Waals surface area contributed by atoms with Gasteiger partial charge in [-0.25, -0.2) is 13.1 Å². The quantitative estimate of drug-likeness (QED) is 0.557. The Bertz CT molecular complexity index is 587. The predicted molar refractivity (Wildman–Crippen MR) is 81.3 cm³/mol. The molecule has 0 saturated heterocycles. The van der Waals surface area contributed by atoms with Crippen molar-refractivity contribution in [2.45, 2.75) is 24.7 Å².